The van der Waals surface area contributed by atoms with E-state index in [2.05, 4.69) is 44.2 Å². The summed E-state index contributed by atoms with van der Waals surface area (Å²) < 4.78 is 0. The van der Waals surface area contributed by atoms with Crippen LogP contribution in [0.1, 0.15) is 161 Å². The van der Waals surface area contributed by atoms with E-state index in [0.717, 1.165) is 12.8 Å². The molecule has 0 fully saturated rings. The van der Waals surface area contributed by atoms with E-state index < -0.39 is 0 Å². The number of nitrogens with two attached hydrogens (primary N) is 1. The molecule has 1 unspecified atom stereocenters. The minimum absolute atomic E-state index is 0.123. The van der Waals surface area contributed by atoms with Gasteiger partial charge in [0.05, 0.1) is 0 Å². The van der Waals surface area contributed by atoms with Gasteiger partial charge in [0.15, 0.2) is 0 Å². The molecule has 1 heteroatoms. The summed E-state index contributed by atoms with van der Waals surface area (Å²) in [4.78, 5) is 0. The van der Waals surface area contributed by atoms with Crippen molar-refractivity contribution >= 4 is 0 Å². The van der Waals surface area contributed by atoms with Crippen LogP contribution in [0.2, 0.25) is 0 Å². The van der Waals surface area contributed by atoms with Crippen LogP contribution in [0.25, 0.3) is 0 Å². The van der Waals surface area contributed by atoms with Gasteiger partial charge in [-0.15, -0.1) is 0 Å². The van der Waals surface area contributed by atoms with Crippen molar-refractivity contribution in [2.45, 2.75) is 161 Å². The number of benzene rings is 1. The van der Waals surface area contributed by atoms with Gasteiger partial charge < -0.3 is 5.73 Å². The Kier molecular flexibility index (Phi) is 19.0. The Balaban J connectivity index is 2.18. The molecular weight excluding hydrogens is 386 g/mol. The predicted molar refractivity (Wildman–Crippen MR) is 145 cm³/mol. The molecule has 0 bridgehead atoms. The first-order valence-corrected chi connectivity index (χ1v) is 14.6. The molecule has 0 heterocycles. The Labute approximate surface area is 202 Å². The second-order valence-corrected chi connectivity index (χ2v) is 10.4. The first-order valence-electron chi connectivity index (χ1n) is 14.6. The standard InChI is InChI=1S/C31H57N/c1-3-5-7-9-11-13-14-15-16-18-20-25-29-31(32,30-26-22-21-23-27-30)28-24-19-17-12-10-8-6-4-2/h21-23,26-27H,3-20,24-25,28-29,32H2,1-2H3. The van der Waals surface area contributed by atoms with E-state index >= 15 is 0 Å². The maximum absolute atomic E-state index is 7.03. The molecule has 0 saturated heterocycles. The minimum atomic E-state index is -0.123. The van der Waals surface area contributed by atoms with Crippen LogP contribution in [0.15, 0.2) is 30.3 Å². The first-order chi connectivity index (χ1) is 15.7. The third kappa shape index (κ3) is 15.1. The second kappa shape index (κ2) is 20.8. The van der Waals surface area contributed by atoms with Crippen LogP contribution in [0, 0.1) is 0 Å². The van der Waals surface area contributed by atoms with Gasteiger partial charge in [-0.2, -0.15) is 0 Å². The van der Waals surface area contributed by atoms with Gasteiger partial charge in [-0.1, -0.05) is 173 Å². The second-order valence-electron chi connectivity index (χ2n) is 10.4. The van der Waals surface area contributed by atoms with Crippen molar-refractivity contribution in [2.24, 2.45) is 5.73 Å². The minimum Gasteiger partial charge on any atom is -0.321 e. The number of hydrogen-bond acceptors (Lipinski definition) is 1. The van der Waals surface area contributed by atoms with Crippen molar-refractivity contribution in [3.8, 4) is 0 Å². The quantitative estimate of drug-likeness (QED) is 0.167. The SMILES string of the molecule is CCCCCCCCCCCCCCC(N)(CCCCCCCCCC)c1ccccc1. The monoisotopic (exact) mass is 443 g/mol. The lowest BCUT2D eigenvalue weighted by Gasteiger charge is -2.30. The third-order valence-electron chi connectivity index (χ3n) is 7.30. The molecule has 0 aliphatic rings. The molecule has 0 saturated carbocycles. The number of hydrogen-bond donors (Lipinski definition) is 1. The Morgan fingerprint density at radius 1 is 0.469 bits per heavy atom. The lowest BCUT2D eigenvalue weighted by Crippen LogP contribution is -2.36. The van der Waals surface area contributed by atoms with E-state index in [4.69, 9.17) is 5.73 Å². The van der Waals surface area contributed by atoms with Crippen LogP contribution < -0.4 is 5.73 Å². The zero-order valence-electron chi connectivity index (χ0n) is 22.0. The van der Waals surface area contributed by atoms with Crippen LogP contribution in [0.3, 0.4) is 0 Å². The Morgan fingerprint density at radius 2 is 0.781 bits per heavy atom. The zero-order chi connectivity index (χ0) is 23.2. The average molecular weight is 444 g/mol. The highest BCUT2D eigenvalue weighted by molar-refractivity contribution is 5.23. The van der Waals surface area contributed by atoms with Gasteiger partial charge in [-0.05, 0) is 18.4 Å². The van der Waals surface area contributed by atoms with E-state index in [0.29, 0.717) is 0 Å². The number of unbranched alkanes of at least 4 members (excludes halogenated alkanes) is 18. The molecule has 1 nitrogen and oxygen atoms in total. The van der Waals surface area contributed by atoms with E-state index in [1.807, 2.05) is 0 Å². The van der Waals surface area contributed by atoms with Crippen LogP contribution in [-0.4, -0.2) is 0 Å². The summed E-state index contributed by atoms with van der Waals surface area (Å²) in [6, 6.07) is 10.9. The normalized spacial score (nSPS) is 13.3. The van der Waals surface area contributed by atoms with Crippen molar-refractivity contribution in [3.05, 3.63) is 35.9 Å². The maximum atomic E-state index is 7.03. The lowest BCUT2D eigenvalue weighted by atomic mass is 9.81. The summed E-state index contributed by atoms with van der Waals surface area (Å²) in [5, 5.41) is 0. The predicted octanol–water partition coefficient (Wildman–Crippen LogP) is 10.5. The van der Waals surface area contributed by atoms with Gasteiger partial charge in [0, 0.05) is 5.54 Å². The van der Waals surface area contributed by atoms with E-state index in [1.54, 1.807) is 0 Å². The molecule has 0 spiro atoms. The molecule has 1 aromatic rings. The summed E-state index contributed by atoms with van der Waals surface area (Å²) in [5.41, 5.74) is 8.26. The molecule has 186 valence electrons. The van der Waals surface area contributed by atoms with Crippen molar-refractivity contribution in [1.82, 2.24) is 0 Å². The lowest BCUT2D eigenvalue weighted by molar-refractivity contribution is 0.343. The van der Waals surface area contributed by atoms with Gasteiger partial charge in [-0.3, -0.25) is 0 Å². The van der Waals surface area contributed by atoms with Gasteiger partial charge in [0.2, 0.25) is 0 Å². The summed E-state index contributed by atoms with van der Waals surface area (Å²) in [6.07, 6.45) is 30.1. The number of rotatable bonds is 23. The van der Waals surface area contributed by atoms with E-state index in [-0.39, 0.29) is 5.54 Å². The van der Waals surface area contributed by atoms with Crippen LogP contribution in [0.4, 0.5) is 0 Å². The molecule has 1 aromatic carbocycles. The molecule has 0 aliphatic carbocycles. The van der Waals surface area contributed by atoms with Crippen molar-refractivity contribution < 1.29 is 0 Å². The smallest absolute Gasteiger partial charge is 0.0409 e. The summed E-state index contributed by atoms with van der Waals surface area (Å²) >= 11 is 0. The van der Waals surface area contributed by atoms with Gasteiger partial charge >= 0.3 is 0 Å². The highest BCUT2D eigenvalue weighted by atomic mass is 14.7. The van der Waals surface area contributed by atoms with E-state index in [1.165, 1.54) is 134 Å². The van der Waals surface area contributed by atoms with Crippen molar-refractivity contribution in [3.63, 3.8) is 0 Å². The van der Waals surface area contributed by atoms with Gasteiger partial charge in [0.25, 0.3) is 0 Å². The van der Waals surface area contributed by atoms with Crippen molar-refractivity contribution in [2.75, 3.05) is 0 Å². The highest BCUT2D eigenvalue weighted by Gasteiger charge is 2.25. The molecule has 1 rings (SSSR count). The summed E-state index contributed by atoms with van der Waals surface area (Å²) in [5.74, 6) is 0. The van der Waals surface area contributed by atoms with Crippen molar-refractivity contribution in [1.29, 1.82) is 0 Å². The zero-order valence-corrected chi connectivity index (χ0v) is 22.0. The first kappa shape index (κ1) is 29.2. The fourth-order valence-electron chi connectivity index (χ4n) is 5.04. The van der Waals surface area contributed by atoms with Crippen LogP contribution in [-0.2, 0) is 5.54 Å². The summed E-state index contributed by atoms with van der Waals surface area (Å²) in [6.45, 7) is 4.59. The fourth-order valence-corrected chi connectivity index (χ4v) is 5.04. The molecule has 0 aliphatic heterocycles. The third-order valence-corrected chi connectivity index (χ3v) is 7.30. The molecule has 2 N–H and O–H groups in total. The topological polar surface area (TPSA) is 26.0 Å². The fraction of sp³-hybridized carbons (Fsp3) is 0.806. The Hall–Kier alpha value is -0.820. The molecule has 0 amide bonds. The summed E-state index contributed by atoms with van der Waals surface area (Å²) in [7, 11) is 0. The molecule has 32 heavy (non-hydrogen) atoms. The molecule has 1 atom stereocenters. The highest BCUT2D eigenvalue weighted by Crippen LogP contribution is 2.31. The van der Waals surface area contributed by atoms with Crippen LogP contribution in [0.5, 0.6) is 0 Å². The molecular formula is C31H57N. The molecule has 0 aromatic heterocycles. The largest absolute Gasteiger partial charge is 0.321 e. The molecule has 0 radical (unpaired) electrons. The van der Waals surface area contributed by atoms with Gasteiger partial charge in [0.1, 0.15) is 0 Å². The van der Waals surface area contributed by atoms with E-state index in [9.17, 15) is 0 Å². The average Bonchev–Trinajstić information content (AvgIpc) is 2.82. The van der Waals surface area contributed by atoms with Gasteiger partial charge in [-0.25, -0.2) is 0 Å². The van der Waals surface area contributed by atoms with Crippen LogP contribution >= 0.6 is 0 Å². The maximum Gasteiger partial charge on any atom is 0.0409 e. The Bertz CT molecular complexity index is 496. The Morgan fingerprint density at radius 3 is 1.12 bits per heavy atom.